The predicted octanol–water partition coefficient (Wildman–Crippen LogP) is 8.80. The molecule has 4 rings (SSSR count). The van der Waals surface area contributed by atoms with E-state index in [0.29, 0.717) is 35.4 Å². The van der Waals surface area contributed by atoms with Gasteiger partial charge in [-0.2, -0.15) is 0 Å². The third-order valence-electron chi connectivity index (χ3n) is 12.8. The number of allylic oxidation sites excluding steroid dienone is 2. The highest BCUT2D eigenvalue weighted by atomic mass is 16.5. The molecule has 0 aromatic rings. The molecule has 3 saturated carbocycles. The van der Waals surface area contributed by atoms with Crippen LogP contribution in [0, 0.1) is 56.7 Å². The Kier molecular flexibility index (Phi) is 7.20. The van der Waals surface area contributed by atoms with Crippen LogP contribution in [0.1, 0.15) is 128 Å². The highest BCUT2D eigenvalue weighted by Crippen LogP contribution is 2.73. The summed E-state index contributed by atoms with van der Waals surface area (Å²) in [5, 5.41) is 0. The molecule has 0 saturated heterocycles. The van der Waals surface area contributed by atoms with Crippen LogP contribution in [0.4, 0.5) is 0 Å². The maximum Gasteiger partial charge on any atom is 0.302 e. The number of fused-ring (bicyclic) bond motifs is 5. The van der Waals surface area contributed by atoms with Crippen LogP contribution in [0.3, 0.4) is 0 Å². The fraction of sp³-hybridized carbons (Fsp3) is 0.882. The highest BCUT2D eigenvalue weighted by Gasteiger charge is 2.66. The lowest BCUT2D eigenvalue weighted by Gasteiger charge is -2.62. The lowest BCUT2D eigenvalue weighted by molar-refractivity contribution is -0.162. The number of esters is 1. The van der Waals surface area contributed by atoms with Gasteiger partial charge in [0.05, 0.1) is 0 Å². The third-order valence-corrected chi connectivity index (χ3v) is 12.8. The van der Waals surface area contributed by atoms with E-state index in [1.807, 2.05) is 0 Å². The van der Waals surface area contributed by atoms with Crippen LogP contribution >= 0.6 is 0 Å². The van der Waals surface area contributed by atoms with Gasteiger partial charge in [0.2, 0.25) is 0 Å². The van der Waals surface area contributed by atoms with E-state index in [-0.39, 0.29) is 45.6 Å². The lowest BCUT2D eigenvalue weighted by atomic mass is 9.42. The van der Waals surface area contributed by atoms with Crippen molar-refractivity contribution in [2.24, 2.45) is 56.7 Å². The molecule has 3 heteroatoms. The summed E-state index contributed by atoms with van der Waals surface area (Å²) in [7, 11) is 0. The third kappa shape index (κ3) is 4.57. The van der Waals surface area contributed by atoms with Crippen LogP contribution in [0.15, 0.2) is 11.6 Å². The largest absolute Gasteiger partial charge is 0.462 e. The van der Waals surface area contributed by atoms with Gasteiger partial charge >= 0.3 is 5.97 Å². The van der Waals surface area contributed by atoms with Crippen molar-refractivity contribution in [2.45, 2.75) is 134 Å². The number of ketones is 1. The van der Waals surface area contributed by atoms with Gasteiger partial charge in [-0.1, -0.05) is 74.8 Å². The SMILES string of the molecule is CC(=O)O[C@H]1C[C@H]2C(=O)C=C3C(CC[C@]4(C)[C@@H](C(C)(C)[C@H](C)CCC(C)(C)C)CC[C@@]34C)[C@@]2(C)C[C@H]1C. The van der Waals surface area contributed by atoms with Crippen molar-refractivity contribution in [1.82, 2.24) is 0 Å². The van der Waals surface area contributed by atoms with Gasteiger partial charge in [-0.05, 0) is 108 Å². The smallest absolute Gasteiger partial charge is 0.302 e. The van der Waals surface area contributed by atoms with Gasteiger partial charge in [-0.25, -0.2) is 0 Å². The van der Waals surface area contributed by atoms with Gasteiger partial charge in [0.15, 0.2) is 5.78 Å². The first-order valence-corrected chi connectivity index (χ1v) is 15.3. The van der Waals surface area contributed by atoms with Crippen molar-refractivity contribution in [3.63, 3.8) is 0 Å². The van der Waals surface area contributed by atoms with Gasteiger partial charge in [0.25, 0.3) is 0 Å². The summed E-state index contributed by atoms with van der Waals surface area (Å²) in [5.41, 5.74) is 2.40. The van der Waals surface area contributed by atoms with E-state index in [0.717, 1.165) is 6.42 Å². The summed E-state index contributed by atoms with van der Waals surface area (Å²) in [6.45, 7) is 25.9. The normalized spacial score (nSPS) is 42.8. The minimum atomic E-state index is -0.225. The van der Waals surface area contributed by atoms with Crippen molar-refractivity contribution in [1.29, 1.82) is 0 Å². The molecule has 3 nitrogen and oxygen atoms in total. The summed E-state index contributed by atoms with van der Waals surface area (Å²) in [6, 6.07) is 0. The molecule has 0 bridgehead atoms. The molecule has 0 aliphatic heterocycles. The summed E-state index contributed by atoms with van der Waals surface area (Å²) >= 11 is 0. The number of hydrogen-bond acceptors (Lipinski definition) is 3. The Morgan fingerprint density at radius 3 is 2.32 bits per heavy atom. The van der Waals surface area contributed by atoms with Gasteiger partial charge < -0.3 is 4.74 Å². The lowest BCUT2D eigenvalue weighted by Crippen LogP contribution is -2.57. The molecule has 37 heavy (non-hydrogen) atoms. The van der Waals surface area contributed by atoms with Crippen molar-refractivity contribution >= 4 is 11.8 Å². The summed E-state index contributed by atoms with van der Waals surface area (Å²) in [5.74, 6) is 2.14. The Hall–Kier alpha value is -1.12. The fourth-order valence-corrected chi connectivity index (χ4v) is 9.99. The molecular formula is C34H56O3. The Labute approximate surface area is 228 Å². The van der Waals surface area contributed by atoms with Crippen LogP contribution in [-0.4, -0.2) is 17.9 Å². The topological polar surface area (TPSA) is 43.4 Å². The van der Waals surface area contributed by atoms with Crippen LogP contribution in [0.2, 0.25) is 0 Å². The molecular weight excluding hydrogens is 456 g/mol. The van der Waals surface area contributed by atoms with E-state index in [1.54, 1.807) is 0 Å². The monoisotopic (exact) mass is 512 g/mol. The van der Waals surface area contributed by atoms with Crippen molar-refractivity contribution in [2.75, 3.05) is 0 Å². The molecule has 4 aliphatic rings. The molecule has 0 amide bonds. The van der Waals surface area contributed by atoms with Crippen molar-refractivity contribution in [3.05, 3.63) is 11.6 Å². The van der Waals surface area contributed by atoms with E-state index < -0.39 is 0 Å². The molecule has 0 aromatic heterocycles. The van der Waals surface area contributed by atoms with Crippen molar-refractivity contribution in [3.8, 4) is 0 Å². The first-order chi connectivity index (χ1) is 16.9. The summed E-state index contributed by atoms with van der Waals surface area (Å²) in [4.78, 5) is 25.6. The Morgan fingerprint density at radius 1 is 1.08 bits per heavy atom. The van der Waals surface area contributed by atoms with Gasteiger partial charge in [-0.15, -0.1) is 0 Å². The first-order valence-electron chi connectivity index (χ1n) is 15.3. The minimum Gasteiger partial charge on any atom is -0.462 e. The molecule has 0 radical (unpaired) electrons. The zero-order valence-corrected chi connectivity index (χ0v) is 25.9. The predicted molar refractivity (Wildman–Crippen MR) is 152 cm³/mol. The van der Waals surface area contributed by atoms with E-state index in [9.17, 15) is 9.59 Å². The first kappa shape index (κ1) is 28.9. The molecule has 0 N–H and O–H groups in total. The Morgan fingerprint density at radius 2 is 1.73 bits per heavy atom. The molecule has 3 fully saturated rings. The van der Waals surface area contributed by atoms with E-state index in [4.69, 9.17) is 4.74 Å². The molecule has 4 aliphatic carbocycles. The quantitative estimate of drug-likeness (QED) is 0.346. The van der Waals surface area contributed by atoms with Gasteiger partial charge in [0, 0.05) is 12.8 Å². The fourth-order valence-electron chi connectivity index (χ4n) is 9.99. The van der Waals surface area contributed by atoms with Crippen LogP contribution < -0.4 is 0 Å². The molecule has 9 atom stereocenters. The van der Waals surface area contributed by atoms with Crippen LogP contribution in [-0.2, 0) is 14.3 Å². The van der Waals surface area contributed by atoms with E-state index >= 15 is 0 Å². The highest BCUT2D eigenvalue weighted by molar-refractivity contribution is 5.95. The molecule has 0 aromatic carbocycles. The zero-order valence-electron chi connectivity index (χ0n) is 25.9. The average molecular weight is 513 g/mol. The molecule has 0 heterocycles. The van der Waals surface area contributed by atoms with Crippen LogP contribution in [0.5, 0.6) is 0 Å². The molecule has 1 unspecified atom stereocenters. The number of carbonyl (C=O) groups excluding carboxylic acids is 2. The summed E-state index contributed by atoms with van der Waals surface area (Å²) in [6.07, 6.45) is 11.1. The molecule has 210 valence electrons. The second kappa shape index (κ2) is 9.22. The second-order valence-corrected chi connectivity index (χ2v) is 16.4. The number of rotatable bonds is 5. The maximum absolute atomic E-state index is 13.8. The Balaban J connectivity index is 1.64. The second-order valence-electron chi connectivity index (χ2n) is 16.4. The summed E-state index contributed by atoms with van der Waals surface area (Å²) < 4.78 is 5.69. The van der Waals surface area contributed by atoms with Gasteiger partial charge in [0.1, 0.15) is 6.10 Å². The number of carbonyl (C=O) groups is 2. The minimum absolute atomic E-state index is 0.0270. The maximum atomic E-state index is 13.8. The van der Waals surface area contributed by atoms with Crippen LogP contribution in [0.25, 0.3) is 0 Å². The van der Waals surface area contributed by atoms with E-state index in [2.05, 4.69) is 75.3 Å². The van der Waals surface area contributed by atoms with Gasteiger partial charge in [-0.3, -0.25) is 9.59 Å². The van der Waals surface area contributed by atoms with E-state index in [1.165, 1.54) is 51.0 Å². The number of ether oxygens (including phenoxy) is 1. The van der Waals surface area contributed by atoms with Crippen molar-refractivity contribution < 1.29 is 14.3 Å². The molecule has 0 spiro atoms. The average Bonchev–Trinajstić information content (AvgIpc) is 3.05. The zero-order chi connectivity index (χ0) is 27.8. The Bertz CT molecular complexity index is 953. The number of hydrogen-bond donors (Lipinski definition) is 0. The standard InChI is InChI=1S/C34H56O3/c1-21-20-32(9)24-13-16-34(11)29(31(7,8)22(2)12-15-30(4,5)6)14-17-33(34,10)25(24)18-27(36)26(32)19-28(21)37-23(3)35/h18,21-22,24,26,28-29H,12-17,19-20H2,1-11H3/t21-,22-,24?,26+,28+,29-,32-,33+,34-/m1/s1.